The van der Waals surface area contributed by atoms with Crippen LogP contribution in [-0.4, -0.2) is 80.8 Å². The van der Waals surface area contributed by atoms with Crippen LogP contribution in [0.25, 0.3) is 0 Å². The molecule has 0 aliphatic carbocycles. The summed E-state index contributed by atoms with van der Waals surface area (Å²) in [7, 11) is -4.04. The molecule has 2 fully saturated rings. The Labute approximate surface area is 183 Å². The lowest BCUT2D eigenvalue weighted by Gasteiger charge is -2.33. The average molecular weight is 455 g/mol. The van der Waals surface area contributed by atoms with Crippen molar-refractivity contribution < 1.29 is 31.7 Å². The van der Waals surface area contributed by atoms with Gasteiger partial charge < -0.3 is 14.4 Å². The summed E-state index contributed by atoms with van der Waals surface area (Å²) in [6.07, 6.45) is -1.45. The molecule has 0 unspecified atom stereocenters. The zero-order chi connectivity index (χ0) is 22.8. The molecule has 31 heavy (non-hydrogen) atoms. The number of carbonyl (C=O) groups is 2. The number of hydrogen-bond donors (Lipinski definition) is 0. The van der Waals surface area contributed by atoms with Crippen molar-refractivity contribution in [2.75, 3.05) is 32.8 Å². The van der Waals surface area contributed by atoms with Gasteiger partial charge in [0.15, 0.2) is 0 Å². The van der Waals surface area contributed by atoms with Crippen molar-refractivity contribution in [2.45, 2.75) is 56.8 Å². The van der Waals surface area contributed by atoms with Crippen LogP contribution in [0.5, 0.6) is 0 Å². The SMILES string of the molecule is Cc1ccc(S(=O)(=O)O[C@@H]2C[C@@H](C(=O)N3CCOCC3)N(C(=O)OC(C)(C)C)C2)cc1. The minimum Gasteiger partial charge on any atom is -0.444 e. The van der Waals surface area contributed by atoms with E-state index in [1.54, 1.807) is 37.8 Å². The van der Waals surface area contributed by atoms with Crippen LogP contribution < -0.4 is 0 Å². The van der Waals surface area contributed by atoms with Gasteiger partial charge in [-0.3, -0.25) is 13.9 Å². The number of aryl methyl sites for hydroxylation is 1. The number of amides is 2. The molecule has 0 saturated carbocycles. The number of carbonyl (C=O) groups excluding carboxylic acids is 2. The molecule has 1 aromatic rings. The summed E-state index contributed by atoms with van der Waals surface area (Å²) in [4.78, 5) is 28.8. The van der Waals surface area contributed by atoms with Gasteiger partial charge in [0.05, 0.1) is 30.8 Å². The number of likely N-dealkylation sites (tertiary alicyclic amines) is 1. The molecule has 0 radical (unpaired) electrons. The van der Waals surface area contributed by atoms with Gasteiger partial charge in [0.25, 0.3) is 10.1 Å². The van der Waals surface area contributed by atoms with Crippen LogP contribution in [0.1, 0.15) is 32.8 Å². The maximum Gasteiger partial charge on any atom is 0.411 e. The first-order valence-corrected chi connectivity index (χ1v) is 11.7. The van der Waals surface area contributed by atoms with Gasteiger partial charge in [0.2, 0.25) is 5.91 Å². The van der Waals surface area contributed by atoms with E-state index in [1.165, 1.54) is 17.0 Å². The Balaban J connectivity index is 1.78. The monoisotopic (exact) mass is 454 g/mol. The Hall–Kier alpha value is -2.17. The second-order valence-corrected chi connectivity index (χ2v) is 10.4. The highest BCUT2D eigenvalue weighted by Gasteiger charge is 2.45. The van der Waals surface area contributed by atoms with Gasteiger partial charge in [-0.25, -0.2) is 4.79 Å². The fourth-order valence-corrected chi connectivity index (χ4v) is 4.64. The molecule has 0 aromatic heterocycles. The third-order valence-corrected chi connectivity index (χ3v) is 6.45. The largest absolute Gasteiger partial charge is 0.444 e. The van der Waals surface area contributed by atoms with Gasteiger partial charge in [-0.1, -0.05) is 17.7 Å². The van der Waals surface area contributed by atoms with Crippen LogP contribution in [0.3, 0.4) is 0 Å². The normalized spacial score (nSPS) is 22.5. The number of rotatable bonds is 4. The topological polar surface area (TPSA) is 102 Å². The molecule has 2 amide bonds. The maximum absolute atomic E-state index is 13.1. The van der Waals surface area contributed by atoms with E-state index >= 15 is 0 Å². The number of morpholine rings is 1. The molecule has 0 spiro atoms. The van der Waals surface area contributed by atoms with E-state index in [1.807, 2.05) is 6.92 Å². The van der Waals surface area contributed by atoms with Gasteiger partial charge in [0.1, 0.15) is 11.6 Å². The summed E-state index contributed by atoms with van der Waals surface area (Å²) < 4.78 is 41.6. The quantitative estimate of drug-likeness (QED) is 0.641. The lowest BCUT2D eigenvalue weighted by molar-refractivity contribution is -0.140. The molecule has 2 atom stereocenters. The van der Waals surface area contributed by atoms with E-state index in [9.17, 15) is 18.0 Å². The highest BCUT2D eigenvalue weighted by Crippen LogP contribution is 2.28. The molecule has 9 nitrogen and oxygen atoms in total. The molecule has 10 heteroatoms. The molecule has 1 aromatic carbocycles. The molecule has 2 saturated heterocycles. The smallest absolute Gasteiger partial charge is 0.411 e. The summed E-state index contributed by atoms with van der Waals surface area (Å²) in [5.41, 5.74) is 0.170. The summed E-state index contributed by atoms with van der Waals surface area (Å²) in [5, 5.41) is 0. The zero-order valence-electron chi connectivity index (χ0n) is 18.4. The highest BCUT2D eigenvalue weighted by atomic mass is 32.2. The van der Waals surface area contributed by atoms with Gasteiger partial charge >= 0.3 is 6.09 Å². The van der Waals surface area contributed by atoms with Crippen molar-refractivity contribution in [1.82, 2.24) is 9.80 Å². The Morgan fingerprint density at radius 2 is 1.71 bits per heavy atom. The summed E-state index contributed by atoms with van der Waals surface area (Å²) in [6, 6.07) is 5.46. The second kappa shape index (κ2) is 9.13. The lowest BCUT2D eigenvalue weighted by atomic mass is 10.1. The van der Waals surface area contributed by atoms with Crippen LogP contribution in [0.15, 0.2) is 29.2 Å². The van der Waals surface area contributed by atoms with Gasteiger partial charge in [0, 0.05) is 19.5 Å². The highest BCUT2D eigenvalue weighted by molar-refractivity contribution is 7.86. The Morgan fingerprint density at radius 3 is 2.29 bits per heavy atom. The average Bonchev–Trinajstić information content (AvgIpc) is 3.10. The van der Waals surface area contributed by atoms with Crippen LogP contribution in [-0.2, 0) is 28.6 Å². The van der Waals surface area contributed by atoms with Crippen molar-refractivity contribution in [3.63, 3.8) is 0 Å². The predicted octanol–water partition coefficient (Wildman–Crippen LogP) is 1.94. The van der Waals surface area contributed by atoms with Gasteiger partial charge in [-0.05, 0) is 39.8 Å². The number of ether oxygens (including phenoxy) is 2. The number of hydrogen-bond acceptors (Lipinski definition) is 7. The minimum atomic E-state index is -4.04. The third kappa shape index (κ3) is 5.96. The van der Waals surface area contributed by atoms with Crippen LogP contribution in [0.2, 0.25) is 0 Å². The van der Waals surface area contributed by atoms with Crippen molar-refractivity contribution in [2.24, 2.45) is 0 Å². The third-order valence-electron chi connectivity index (χ3n) is 5.07. The zero-order valence-corrected chi connectivity index (χ0v) is 19.2. The second-order valence-electron chi connectivity index (χ2n) is 8.81. The predicted molar refractivity (Wildman–Crippen MR) is 112 cm³/mol. The molecule has 3 rings (SSSR count). The molecule has 2 heterocycles. The van der Waals surface area contributed by atoms with E-state index in [4.69, 9.17) is 13.7 Å². The van der Waals surface area contributed by atoms with E-state index in [0.29, 0.717) is 26.3 Å². The van der Waals surface area contributed by atoms with Crippen LogP contribution in [0, 0.1) is 6.92 Å². The Bertz CT molecular complexity index is 903. The lowest BCUT2D eigenvalue weighted by Crippen LogP contribution is -2.51. The Morgan fingerprint density at radius 1 is 1.10 bits per heavy atom. The number of nitrogens with zero attached hydrogens (tertiary/aromatic N) is 2. The molecule has 0 bridgehead atoms. The summed E-state index contributed by atoms with van der Waals surface area (Å²) in [6.45, 7) is 8.69. The summed E-state index contributed by atoms with van der Waals surface area (Å²) >= 11 is 0. The minimum absolute atomic E-state index is 0.0323. The Kier molecular flexibility index (Phi) is 6.92. The van der Waals surface area contributed by atoms with Gasteiger partial charge in [-0.15, -0.1) is 0 Å². The first kappa shape index (κ1) is 23.5. The maximum atomic E-state index is 13.1. The van der Waals surface area contributed by atoms with Crippen molar-refractivity contribution in [3.05, 3.63) is 29.8 Å². The van der Waals surface area contributed by atoms with Crippen LogP contribution in [0.4, 0.5) is 4.79 Å². The first-order chi connectivity index (χ1) is 14.5. The number of benzene rings is 1. The van der Waals surface area contributed by atoms with E-state index in [2.05, 4.69) is 0 Å². The van der Waals surface area contributed by atoms with Gasteiger partial charge in [-0.2, -0.15) is 8.42 Å². The first-order valence-electron chi connectivity index (χ1n) is 10.3. The molecule has 0 N–H and O–H groups in total. The molecular formula is C21H30N2O7S. The van der Waals surface area contributed by atoms with E-state index < -0.39 is 34.0 Å². The fourth-order valence-electron chi connectivity index (χ4n) is 3.56. The summed E-state index contributed by atoms with van der Waals surface area (Å²) in [5.74, 6) is -0.256. The van der Waals surface area contributed by atoms with Crippen molar-refractivity contribution in [3.8, 4) is 0 Å². The fraction of sp³-hybridized carbons (Fsp3) is 0.619. The molecular weight excluding hydrogens is 424 g/mol. The van der Waals surface area contributed by atoms with Crippen molar-refractivity contribution in [1.29, 1.82) is 0 Å². The molecule has 2 aliphatic heterocycles. The van der Waals surface area contributed by atoms with Crippen LogP contribution >= 0.6 is 0 Å². The molecule has 172 valence electrons. The standard InChI is InChI=1S/C21H30N2O7S/c1-15-5-7-17(8-6-15)31(26,27)30-16-13-18(19(24)22-9-11-28-12-10-22)23(14-16)20(25)29-21(2,3)4/h5-8,16,18H,9-14H2,1-4H3/t16-,18+/m1/s1. The molecule has 2 aliphatic rings. The van der Waals surface area contributed by atoms with E-state index in [0.717, 1.165) is 5.56 Å². The van der Waals surface area contributed by atoms with E-state index in [-0.39, 0.29) is 23.8 Å². The van der Waals surface area contributed by atoms with Crippen molar-refractivity contribution >= 4 is 22.1 Å².